The van der Waals surface area contributed by atoms with Crippen molar-refractivity contribution in [1.82, 2.24) is 0 Å². The topological polar surface area (TPSA) is 33.0 Å². The Morgan fingerprint density at radius 1 is 0.862 bits per heavy atom. The summed E-state index contributed by atoms with van der Waals surface area (Å²) in [5, 5.41) is 11.9. The average molecular weight is 375 g/mol. The predicted octanol–water partition coefficient (Wildman–Crippen LogP) is 6.79. The lowest BCUT2D eigenvalue weighted by atomic mass is 10.0. The van der Waals surface area contributed by atoms with Crippen LogP contribution in [-0.2, 0) is 6.61 Å². The van der Waals surface area contributed by atoms with E-state index in [1.54, 1.807) is 0 Å². The Bertz CT molecular complexity index is 1190. The number of rotatable bonds is 5. The Balaban J connectivity index is 1.49. The van der Waals surface area contributed by atoms with Crippen LogP contribution in [0.1, 0.15) is 22.3 Å². The Kier molecular flexibility index (Phi) is 5.40. The molecule has 0 unspecified atom stereocenters. The van der Waals surface area contributed by atoms with Crippen LogP contribution in [0.4, 0.5) is 0 Å². The van der Waals surface area contributed by atoms with E-state index < -0.39 is 0 Å². The largest absolute Gasteiger partial charge is 0.489 e. The molecule has 4 rings (SSSR count). The Morgan fingerprint density at radius 3 is 2.34 bits per heavy atom. The molecule has 0 aliphatic rings. The molecule has 0 amide bonds. The molecule has 4 aromatic rings. The molecule has 140 valence electrons. The highest BCUT2D eigenvalue weighted by Crippen LogP contribution is 2.23. The van der Waals surface area contributed by atoms with Crippen molar-refractivity contribution in [3.05, 3.63) is 113 Å². The van der Waals surface area contributed by atoms with Gasteiger partial charge in [0.2, 0.25) is 0 Å². The van der Waals surface area contributed by atoms with Crippen molar-refractivity contribution in [2.45, 2.75) is 13.5 Å². The summed E-state index contributed by atoms with van der Waals surface area (Å²) in [5.74, 6) is 0.809. The average Bonchev–Trinajstić information content (AvgIpc) is 2.77. The minimum atomic E-state index is 0.517. The van der Waals surface area contributed by atoms with E-state index in [2.05, 4.69) is 36.4 Å². The van der Waals surface area contributed by atoms with Gasteiger partial charge in [-0.05, 0) is 52.6 Å². The molecule has 0 radical (unpaired) electrons. The van der Waals surface area contributed by atoms with Crippen molar-refractivity contribution >= 4 is 22.4 Å². The number of benzene rings is 4. The molecule has 29 heavy (non-hydrogen) atoms. The first-order valence-corrected chi connectivity index (χ1v) is 9.61. The zero-order valence-corrected chi connectivity index (χ0v) is 16.3. The second-order valence-corrected chi connectivity index (χ2v) is 7.03. The van der Waals surface area contributed by atoms with Gasteiger partial charge in [0.15, 0.2) is 0 Å². The third-order valence-electron chi connectivity index (χ3n) is 4.95. The van der Waals surface area contributed by atoms with Crippen LogP contribution in [0.5, 0.6) is 5.75 Å². The zero-order valence-electron chi connectivity index (χ0n) is 16.3. The molecule has 0 aromatic heterocycles. The Labute approximate surface area is 171 Å². The summed E-state index contributed by atoms with van der Waals surface area (Å²) in [5.41, 5.74) is 4.89. The molecule has 0 N–H and O–H groups in total. The highest BCUT2D eigenvalue weighted by molar-refractivity contribution is 5.89. The first-order chi connectivity index (χ1) is 14.2. The lowest BCUT2D eigenvalue weighted by Crippen LogP contribution is -1.96. The normalized spacial score (nSPS) is 11.2. The van der Waals surface area contributed by atoms with E-state index in [1.165, 1.54) is 21.9 Å². The van der Waals surface area contributed by atoms with Crippen molar-refractivity contribution < 1.29 is 4.74 Å². The van der Waals surface area contributed by atoms with E-state index >= 15 is 0 Å². The monoisotopic (exact) mass is 375 g/mol. The van der Waals surface area contributed by atoms with Gasteiger partial charge in [0.05, 0.1) is 11.6 Å². The highest BCUT2D eigenvalue weighted by atomic mass is 16.5. The van der Waals surface area contributed by atoms with Gasteiger partial charge >= 0.3 is 0 Å². The maximum absolute atomic E-state index is 9.52. The van der Waals surface area contributed by atoms with E-state index in [-0.39, 0.29) is 0 Å². The lowest BCUT2D eigenvalue weighted by molar-refractivity contribution is 0.307. The van der Waals surface area contributed by atoms with E-state index in [9.17, 15) is 5.26 Å². The van der Waals surface area contributed by atoms with Gasteiger partial charge in [0.25, 0.3) is 0 Å². The molecule has 2 heteroatoms. The van der Waals surface area contributed by atoms with Crippen molar-refractivity contribution in [2.24, 2.45) is 0 Å². The minimum absolute atomic E-state index is 0.517. The van der Waals surface area contributed by atoms with Crippen LogP contribution in [0, 0.1) is 18.3 Å². The Hall–Kier alpha value is -3.83. The molecule has 0 aliphatic carbocycles. The second kappa shape index (κ2) is 8.46. The van der Waals surface area contributed by atoms with E-state index in [1.807, 2.05) is 73.7 Å². The fourth-order valence-corrected chi connectivity index (χ4v) is 3.32. The minimum Gasteiger partial charge on any atom is -0.489 e. The van der Waals surface area contributed by atoms with Gasteiger partial charge in [-0.1, -0.05) is 84.4 Å². The molecule has 0 bridgehead atoms. The molecular formula is C27H21NO. The van der Waals surface area contributed by atoms with Crippen molar-refractivity contribution in [2.75, 3.05) is 0 Å². The molecule has 0 saturated heterocycles. The number of fused-ring (bicyclic) bond motifs is 1. The SMILES string of the molecule is Cc1ccc(/C(C#N)=C\c2ccc(OCc3cccc4ccccc34)cc2)cc1. The van der Waals surface area contributed by atoms with Crippen molar-refractivity contribution in [3.8, 4) is 11.8 Å². The van der Waals surface area contributed by atoms with Gasteiger partial charge in [-0.2, -0.15) is 5.26 Å². The summed E-state index contributed by atoms with van der Waals surface area (Å²) in [7, 11) is 0. The first-order valence-electron chi connectivity index (χ1n) is 9.61. The summed E-state index contributed by atoms with van der Waals surface area (Å²) in [4.78, 5) is 0. The number of hydrogen-bond acceptors (Lipinski definition) is 2. The summed E-state index contributed by atoms with van der Waals surface area (Å²) in [6, 6.07) is 32.7. The standard InChI is InChI=1S/C27H21NO/c1-20-9-13-22(14-10-20)25(18-28)17-21-11-15-26(16-12-21)29-19-24-7-4-6-23-5-2-3-8-27(23)24/h2-17H,19H2,1H3/b25-17-. The van der Waals surface area contributed by atoms with Gasteiger partial charge in [-0.25, -0.2) is 0 Å². The molecule has 2 nitrogen and oxygen atoms in total. The number of ether oxygens (including phenoxy) is 1. The molecule has 0 spiro atoms. The first kappa shape index (κ1) is 18.5. The number of nitriles is 1. The fraction of sp³-hybridized carbons (Fsp3) is 0.0741. The summed E-state index contributed by atoms with van der Waals surface area (Å²) >= 11 is 0. The molecular weight excluding hydrogens is 354 g/mol. The summed E-state index contributed by atoms with van der Waals surface area (Å²) in [6.45, 7) is 2.56. The quantitative estimate of drug-likeness (QED) is 0.284. The van der Waals surface area contributed by atoms with Gasteiger partial charge in [-0.3, -0.25) is 0 Å². The zero-order chi connectivity index (χ0) is 20.1. The molecule has 0 heterocycles. The smallest absolute Gasteiger partial charge is 0.119 e. The van der Waals surface area contributed by atoms with Crippen LogP contribution < -0.4 is 4.74 Å². The third kappa shape index (κ3) is 4.36. The second-order valence-electron chi connectivity index (χ2n) is 7.03. The van der Waals surface area contributed by atoms with Crippen molar-refractivity contribution in [1.29, 1.82) is 5.26 Å². The molecule has 0 aliphatic heterocycles. The molecule has 0 fully saturated rings. The van der Waals surface area contributed by atoms with Crippen LogP contribution in [0.2, 0.25) is 0 Å². The predicted molar refractivity (Wildman–Crippen MR) is 119 cm³/mol. The van der Waals surface area contributed by atoms with Crippen LogP contribution in [0.25, 0.3) is 22.4 Å². The maximum atomic E-state index is 9.52. The maximum Gasteiger partial charge on any atom is 0.119 e. The van der Waals surface area contributed by atoms with Gasteiger partial charge < -0.3 is 4.74 Å². The molecule has 0 saturated carbocycles. The number of aryl methyl sites for hydroxylation is 1. The summed E-state index contributed by atoms with van der Waals surface area (Å²) in [6.07, 6.45) is 1.90. The third-order valence-corrected chi connectivity index (χ3v) is 4.95. The number of allylic oxidation sites excluding steroid dienone is 1. The van der Waals surface area contributed by atoms with Crippen LogP contribution in [0.15, 0.2) is 91.0 Å². The molecule has 4 aromatic carbocycles. The lowest BCUT2D eigenvalue weighted by Gasteiger charge is -2.09. The number of nitrogens with zero attached hydrogens (tertiary/aromatic N) is 1. The van der Waals surface area contributed by atoms with Crippen LogP contribution >= 0.6 is 0 Å². The van der Waals surface area contributed by atoms with E-state index in [4.69, 9.17) is 4.74 Å². The van der Waals surface area contributed by atoms with E-state index in [0.29, 0.717) is 12.2 Å². The van der Waals surface area contributed by atoms with Gasteiger partial charge in [-0.15, -0.1) is 0 Å². The number of hydrogen-bond donors (Lipinski definition) is 0. The van der Waals surface area contributed by atoms with E-state index in [0.717, 1.165) is 16.9 Å². The van der Waals surface area contributed by atoms with Gasteiger partial charge in [0.1, 0.15) is 12.4 Å². The Morgan fingerprint density at radius 2 is 1.59 bits per heavy atom. The van der Waals surface area contributed by atoms with Crippen molar-refractivity contribution in [3.63, 3.8) is 0 Å². The van der Waals surface area contributed by atoms with Crippen LogP contribution in [0.3, 0.4) is 0 Å². The summed E-state index contributed by atoms with van der Waals surface area (Å²) < 4.78 is 6.00. The fourth-order valence-electron chi connectivity index (χ4n) is 3.32. The highest BCUT2D eigenvalue weighted by Gasteiger charge is 2.03. The van der Waals surface area contributed by atoms with Gasteiger partial charge in [0, 0.05) is 0 Å². The molecule has 0 atom stereocenters. The van der Waals surface area contributed by atoms with Crippen LogP contribution in [-0.4, -0.2) is 0 Å².